The summed E-state index contributed by atoms with van der Waals surface area (Å²) in [5.41, 5.74) is 1.30. The molecule has 1 aliphatic heterocycles. The van der Waals surface area contributed by atoms with Gasteiger partial charge in [0.25, 0.3) is 0 Å². The number of nitrogens with zero attached hydrogens (tertiary/aromatic N) is 1. The summed E-state index contributed by atoms with van der Waals surface area (Å²) in [5.74, 6) is 0.00451. The highest BCUT2D eigenvalue weighted by atomic mass is 32.2. The molecule has 1 amide bonds. The molecule has 0 atom stereocenters. The van der Waals surface area contributed by atoms with Crippen LogP contribution in [0.4, 0.5) is 5.69 Å². The Balaban J connectivity index is 1.53. The molecule has 0 saturated carbocycles. The van der Waals surface area contributed by atoms with Gasteiger partial charge < -0.3 is 10.1 Å². The highest BCUT2D eigenvalue weighted by Crippen LogP contribution is 2.30. The van der Waals surface area contributed by atoms with E-state index < -0.39 is 10.0 Å². The number of piperidine rings is 1. The third-order valence-corrected chi connectivity index (χ3v) is 7.48. The summed E-state index contributed by atoms with van der Waals surface area (Å²) in [5, 5.41) is 4.98. The second kappa shape index (κ2) is 9.54. The van der Waals surface area contributed by atoms with Crippen LogP contribution >= 0.6 is 0 Å². The number of sulfonamides is 1. The van der Waals surface area contributed by atoms with Gasteiger partial charge in [0.15, 0.2) is 0 Å². The Bertz CT molecular complexity index is 1260. The van der Waals surface area contributed by atoms with Gasteiger partial charge in [0.1, 0.15) is 10.6 Å². The van der Waals surface area contributed by atoms with Crippen molar-refractivity contribution < 1.29 is 17.9 Å². The minimum Gasteiger partial charge on any atom is -0.495 e. The second-order valence-corrected chi connectivity index (χ2v) is 9.67. The number of hydrogen-bond acceptors (Lipinski definition) is 4. The van der Waals surface area contributed by atoms with Crippen molar-refractivity contribution in [1.29, 1.82) is 0 Å². The van der Waals surface area contributed by atoms with Crippen LogP contribution in [-0.2, 0) is 14.8 Å². The van der Waals surface area contributed by atoms with Crippen molar-refractivity contribution in [3.63, 3.8) is 0 Å². The van der Waals surface area contributed by atoms with E-state index in [9.17, 15) is 13.2 Å². The quantitative estimate of drug-likeness (QED) is 0.554. The first-order valence-electron chi connectivity index (χ1n) is 10.6. The predicted molar refractivity (Wildman–Crippen MR) is 127 cm³/mol. The number of amides is 1. The van der Waals surface area contributed by atoms with Crippen LogP contribution in [0.3, 0.4) is 0 Å². The van der Waals surface area contributed by atoms with Gasteiger partial charge in [0, 0.05) is 24.9 Å². The van der Waals surface area contributed by atoms with Gasteiger partial charge in [0.05, 0.1) is 7.11 Å². The summed E-state index contributed by atoms with van der Waals surface area (Å²) in [6, 6.07) is 18.6. The standard InChI is InChI=1S/C25H26N2O4S/c1-31-23-13-9-19(17-24(23)32(29,30)27-15-5-2-6-16-27)10-14-25(28)26-22-12-11-20-7-3-4-8-21(20)18-22/h3-4,7-14,17-18H,2,5-6,15-16H2,1H3,(H,26,28). The van der Waals surface area contributed by atoms with E-state index >= 15 is 0 Å². The minimum atomic E-state index is -3.66. The zero-order valence-electron chi connectivity index (χ0n) is 18.0. The molecule has 166 valence electrons. The van der Waals surface area contributed by atoms with E-state index in [2.05, 4.69) is 5.32 Å². The van der Waals surface area contributed by atoms with E-state index in [0.29, 0.717) is 30.1 Å². The number of anilines is 1. The monoisotopic (exact) mass is 450 g/mol. The minimum absolute atomic E-state index is 0.124. The molecule has 3 aromatic rings. The first-order chi connectivity index (χ1) is 15.5. The lowest BCUT2D eigenvalue weighted by atomic mass is 10.1. The van der Waals surface area contributed by atoms with E-state index in [1.165, 1.54) is 17.5 Å². The second-order valence-electron chi connectivity index (χ2n) is 7.76. The van der Waals surface area contributed by atoms with Crippen molar-refractivity contribution in [2.45, 2.75) is 24.2 Å². The number of rotatable bonds is 6. The lowest BCUT2D eigenvalue weighted by Gasteiger charge is -2.26. The fourth-order valence-corrected chi connectivity index (χ4v) is 5.57. The highest BCUT2D eigenvalue weighted by Gasteiger charge is 2.29. The SMILES string of the molecule is COc1ccc(C=CC(=O)Nc2ccc3ccccc3c2)cc1S(=O)(=O)N1CCCCC1. The van der Waals surface area contributed by atoms with Gasteiger partial charge in [-0.25, -0.2) is 8.42 Å². The van der Waals surface area contributed by atoms with Crippen molar-refractivity contribution in [1.82, 2.24) is 4.31 Å². The van der Waals surface area contributed by atoms with Crippen LogP contribution in [0, 0.1) is 0 Å². The molecule has 0 bridgehead atoms. The summed E-state index contributed by atoms with van der Waals surface area (Å²) in [6.45, 7) is 1.03. The van der Waals surface area contributed by atoms with Crippen molar-refractivity contribution in [2.75, 3.05) is 25.5 Å². The fraction of sp³-hybridized carbons (Fsp3) is 0.240. The van der Waals surface area contributed by atoms with Gasteiger partial charge in [-0.05, 0) is 59.5 Å². The third-order valence-electron chi connectivity index (χ3n) is 5.56. The fourth-order valence-electron chi connectivity index (χ4n) is 3.87. The molecule has 1 N–H and O–H groups in total. The molecule has 0 aromatic heterocycles. The molecule has 3 aromatic carbocycles. The number of fused-ring (bicyclic) bond motifs is 1. The number of methoxy groups -OCH3 is 1. The first kappa shape index (κ1) is 22.0. The van der Waals surface area contributed by atoms with Gasteiger partial charge in [-0.15, -0.1) is 0 Å². The van der Waals surface area contributed by atoms with E-state index in [1.807, 2.05) is 42.5 Å². The molecule has 1 fully saturated rings. The van der Waals surface area contributed by atoms with E-state index in [4.69, 9.17) is 4.74 Å². The van der Waals surface area contributed by atoms with Crippen LogP contribution in [0.5, 0.6) is 5.75 Å². The maximum Gasteiger partial charge on any atom is 0.248 e. The van der Waals surface area contributed by atoms with Crippen molar-refractivity contribution in [2.24, 2.45) is 0 Å². The van der Waals surface area contributed by atoms with Crippen molar-refractivity contribution in [3.8, 4) is 5.75 Å². The molecule has 0 spiro atoms. The third kappa shape index (κ3) is 4.84. The van der Waals surface area contributed by atoms with Gasteiger partial charge in [-0.3, -0.25) is 4.79 Å². The van der Waals surface area contributed by atoms with E-state index in [0.717, 1.165) is 30.0 Å². The predicted octanol–water partition coefficient (Wildman–Crippen LogP) is 4.67. The summed E-state index contributed by atoms with van der Waals surface area (Å²) < 4.78 is 33.1. The number of ether oxygens (including phenoxy) is 1. The molecule has 7 heteroatoms. The molecular weight excluding hydrogens is 424 g/mol. The average Bonchev–Trinajstić information content (AvgIpc) is 2.83. The van der Waals surface area contributed by atoms with Gasteiger partial charge in [-0.2, -0.15) is 4.31 Å². The zero-order chi connectivity index (χ0) is 22.6. The number of benzene rings is 3. The Morgan fingerprint density at radius 1 is 0.969 bits per heavy atom. The molecule has 0 aliphatic carbocycles. The van der Waals surface area contributed by atoms with Gasteiger partial charge >= 0.3 is 0 Å². The van der Waals surface area contributed by atoms with Gasteiger partial charge in [-0.1, -0.05) is 42.8 Å². The molecule has 6 nitrogen and oxygen atoms in total. The molecule has 1 aliphatic rings. The molecule has 0 radical (unpaired) electrons. The van der Waals surface area contributed by atoms with Crippen LogP contribution in [0.1, 0.15) is 24.8 Å². The summed E-state index contributed by atoms with van der Waals surface area (Å²) in [7, 11) is -2.21. The van der Waals surface area contributed by atoms with E-state index in [1.54, 1.807) is 24.3 Å². The molecule has 1 saturated heterocycles. The van der Waals surface area contributed by atoms with Crippen molar-refractivity contribution in [3.05, 3.63) is 72.3 Å². The van der Waals surface area contributed by atoms with Crippen LogP contribution < -0.4 is 10.1 Å². The zero-order valence-corrected chi connectivity index (χ0v) is 18.8. The Morgan fingerprint density at radius 2 is 1.72 bits per heavy atom. The maximum absolute atomic E-state index is 13.1. The van der Waals surface area contributed by atoms with Crippen LogP contribution in [0.15, 0.2) is 71.6 Å². The lowest BCUT2D eigenvalue weighted by Crippen LogP contribution is -2.35. The number of carbonyl (C=O) groups is 1. The van der Waals surface area contributed by atoms with Crippen molar-refractivity contribution >= 4 is 38.5 Å². The Kier molecular flexibility index (Phi) is 6.58. The number of nitrogens with one attached hydrogen (secondary N) is 1. The maximum atomic E-state index is 13.1. The Morgan fingerprint density at radius 3 is 2.47 bits per heavy atom. The molecule has 32 heavy (non-hydrogen) atoms. The first-order valence-corrected chi connectivity index (χ1v) is 12.1. The van der Waals surface area contributed by atoms with Crippen LogP contribution in [0.2, 0.25) is 0 Å². The molecule has 0 unspecified atom stereocenters. The summed E-state index contributed by atoms with van der Waals surface area (Å²) in [6.07, 6.45) is 5.75. The van der Waals surface area contributed by atoms with E-state index in [-0.39, 0.29) is 10.8 Å². The molecule has 1 heterocycles. The number of hydrogen-bond donors (Lipinski definition) is 1. The lowest BCUT2D eigenvalue weighted by molar-refractivity contribution is -0.111. The topological polar surface area (TPSA) is 75.7 Å². The number of carbonyl (C=O) groups excluding carboxylic acids is 1. The Labute approximate surface area is 188 Å². The largest absolute Gasteiger partial charge is 0.495 e. The van der Waals surface area contributed by atoms with Crippen LogP contribution in [0.25, 0.3) is 16.8 Å². The smallest absolute Gasteiger partial charge is 0.248 e. The Hall–Kier alpha value is -3.16. The highest BCUT2D eigenvalue weighted by molar-refractivity contribution is 7.89. The summed E-state index contributed by atoms with van der Waals surface area (Å²) >= 11 is 0. The van der Waals surface area contributed by atoms with Crippen LogP contribution in [-0.4, -0.2) is 38.8 Å². The normalized spacial score (nSPS) is 15.2. The van der Waals surface area contributed by atoms with Gasteiger partial charge in [0.2, 0.25) is 15.9 Å². The molecular formula is C25H26N2O4S. The summed E-state index contributed by atoms with van der Waals surface area (Å²) in [4.78, 5) is 12.5. The average molecular weight is 451 g/mol. The molecule has 4 rings (SSSR count).